The summed E-state index contributed by atoms with van der Waals surface area (Å²) in [6.07, 6.45) is 2.87. The van der Waals surface area contributed by atoms with Crippen molar-refractivity contribution in [3.05, 3.63) is 41.5 Å². The molecule has 10 heteroatoms. The molecule has 3 amide bonds. The number of urea groups is 1. The SMILES string of the molecule is CC.CC.C[C@H]1Cn2ncc(N3CCCC3=O)c2CN1C(=O)Nc1cc(F)c(F)c(F)c1. The molecule has 4 rings (SSSR count). The number of halogens is 3. The number of rotatable bonds is 2. The molecule has 2 aromatic rings. The number of carbonyl (C=O) groups is 2. The molecule has 2 aliphatic rings. The number of nitrogens with one attached hydrogen (secondary N) is 1. The Bertz CT molecular complexity index is 940. The van der Waals surface area contributed by atoms with Gasteiger partial charge < -0.3 is 15.1 Å². The Labute approximate surface area is 186 Å². The Kier molecular flexibility index (Phi) is 8.68. The molecule has 0 aliphatic carbocycles. The van der Waals surface area contributed by atoms with Crippen LogP contribution in [-0.2, 0) is 17.9 Å². The van der Waals surface area contributed by atoms with E-state index in [0.29, 0.717) is 25.2 Å². The van der Waals surface area contributed by atoms with Crippen LogP contribution in [0, 0.1) is 17.5 Å². The summed E-state index contributed by atoms with van der Waals surface area (Å²) in [7, 11) is 0. The fourth-order valence-corrected chi connectivity index (χ4v) is 3.61. The van der Waals surface area contributed by atoms with E-state index in [2.05, 4.69) is 10.4 Å². The highest BCUT2D eigenvalue weighted by Crippen LogP contribution is 2.30. The van der Waals surface area contributed by atoms with Gasteiger partial charge in [-0.2, -0.15) is 5.10 Å². The highest BCUT2D eigenvalue weighted by Gasteiger charge is 2.33. The van der Waals surface area contributed by atoms with Crippen LogP contribution in [0.25, 0.3) is 0 Å². The number of aromatic nitrogens is 2. The van der Waals surface area contributed by atoms with Crippen molar-refractivity contribution >= 4 is 23.3 Å². The second kappa shape index (κ2) is 11.0. The number of amides is 3. The maximum atomic E-state index is 13.4. The van der Waals surface area contributed by atoms with Crippen LogP contribution in [0.3, 0.4) is 0 Å². The summed E-state index contributed by atoms with van der Waals surface area (Å²) in [6.45, 7) is 11.0. The Hall–Kier alpha value is -3.04. The third kappa shape index (κ3) is 5.05. The van der Waals surface area contributed by atoms with E-state index in [1.807, 2.05) is 34.6 Å². The molecule has 1 aromatic carbocycles. The molecule has 1 N–H and O–H groups in total. The highest BCUT2D eigenvalue weighted by atomic mass is 19.2. The van der Waals surface area contributed by atoms with E-state index in [-0.39, 0.29) is 24.2 Å². The maximum absolute atomic E-state index is 13.4. The molecule has 32 heavy (non-hydrogen) atoms. The van der Waals surface area contributed by atoms with Gasteiger partial charge in [-0.25, -0.2) is 18.0 Å². The minimum Gasteiger partial charge on any atom is -0.314 e. The van der Waals surface area contributed by atoms with Crippen LogP contribution in [-0.4, -0.2) is 39.2 Å². The van der Waals surface area contributed by atoms with Crippen molar-refractivity contribution in [1.29, 1.82) is 0 Å². The summed E-state index contributed by atoms with van der Waals surface area (Å²) >= 11 is 0. The first-order chi connectivity index (χ1) is 15.3. The van der Waals surface area contributed by atoms with Gasteiger partial charge in [0.05, 0.1) is 36.7 Å². The molecule has 176 valence electrons. The van der Waals surface area contributed by atoms with Crippen LogP contribution in [0.4, 0.5) is 29.3 Å². The molecule has 2 aliphatic heterocycles. The summed E-state index contributed by atoms with van der Waals surface area (Å²) in [5, 5.41) is 6.72. The van der Waals surface area contributed by atoms with Crippen molar-refractivity contribution in [3.63, 3.8) is 0 Å². The monoisotopic (exact) mass is 453 g/mol. The van der Waals surface area contributed by atoms with Gasteiger partial charge in [-0.05, 0) is 13.3 Å². The predicted octanol–water partition coefficient (Wildman–Crippen LogP) is 4.92. The van der Waals surface area contributed by atoms with Gasteiger partial charge in [0.15, 0.2) is 17.5 Å². The zero-order valence-electron chi connectivity index (χ0n) is 19.1. The van der Waals surface area contributed by atoms with E-state index in [9.17, 15) is 22.8 Å². The number of fused-ring (bicyclic) bond motifs is 1. The molecule has 0 unspecified atom stereocenters. The lowest BCUT2D eigenvalue weighted by Gasteiger charge is -2.35. The fourth-order valence-electron chi connectivity index (χ4n) is 3.61. The normalized spacial score (nSPS) is 17.1. The molecule has 1 fully saturated rings. The van der Waals surface area contributed by atoms with Crippen LogP contribution >= 0.6 is 0 Å². The van der Waals surface area contributed by atoms with Crippen LogP contribution < -0.4 is 10.2 Å². The first-order valence-electron chi connectivity index (χ1n) is 10.9. The largest absolute Gasteiger partial charge is 0.322 e. The Morgan fingerprint density at radius 1 is 1.12 bits per heavy atom. The standard InChI is InChI=1S/C18H18F3N5O2.2C2H6/c1-10-8-26-15(14(7-22-26)24-4-2-3-16(24)27)9-25(10)18(28)23-11-5-12(19)17(21)13(20)6-11;2*1-2/h5-7,10H,2-4,8-9H2,1H3,(H,23,28);2*1-2H3/t10-;;/m0../s1. The van der Waals surface area contributed by atoms with Crippen molar-refractivity contribution in [2.24, 2.45) is 0 Å². The molecule has 0 radical (unpaired) electrons. The molecule has 0 spiro atoms. The molecular weight excluding hydrogens is 423 g/mol. The lowest BCUT2D eigenvalue weighted by Crippen LogP contribution is -2.47. The van der Waals surface area contributed by atoms with Crippen molar-refractivity contribution in [2.75, 3.05) is 16.8 Å². The van der Waals surface area contributed by atoms with Gasteiger partial charge in [-0.1, -0.05) is 27.7 Å². The van der Waals surface area contributed by atoms with Gasteiger partial charge in [-0.3, -0.25) is 9.48 Å². The molecule has 0 bridgehead atoms. The van der Waals surface area contributed by atoms with E-state index in [1.54, 1.807) is 15.8 Å². The van der Waals surface area contributed by atoms with Crippen LogP contribution in [0.15, 0.2) is 18.3 Å². The van der Waals surface area contributed by atoms with Crippen LogP contribution in [0.5, 0.6) is 0 Å². The van der Waals surface area contributed by atoms with Gasteiger partial charge >= 0.3 is 6.03 Å². The number of hydrogen-bond donors (Lipinski definition) is 1. The quantitative estimate of drug-likeness (QED) is 0.657. The van der Waals surface area contributed by atoms with Gasteiger partial charge in [0.1, 0.15) is 0 Å². The van der Waals surface area contributed by atoms with Crippen molar-refractivity contribution < 1.29 is 22.8 Å². The van der Waals surface area contributed by atoms with Gasteiger partial charge in [0, 0.05) is 30.8 Å². The Morgan fingerprint density at radius 2 is 1.75 bits per heavy atom. The Balaban J connectivity index is 0.000000860. The van der Waals surface area contributed by atoms with E-state index in [0.717, 1.165) is 24.2 Å². The number of hydrogen-bond acceptors (Lipinski definition) is 3. The van der Waals surface area contributed by atoms with Crippen LogP contribution in [0.2, 0.25) is 0 Å². The van der Waals surface area contributed by atoms with Gasteiger partial charge in [-0.15, -0.1) is 0 Å². The molecule has 1 aromatic heterocycles. The summed E-state index contributed by atoms with van der Waals surface area (Å²) in [5.41, 5.74) is 1.22. The van der Waals surface area contributed by atoms with E-state index in [4.69, 9.17) is 0 Å². The van der Waals surface area contributed by atoms with Crippen LogP contribution in [0.1, 0.15) is 53.2 Å². The summed E-state index contributed by atoms with van der Waals surface area (Å²) in [6, 6.07) is 0.626. The molecule has 1 atom stereocenters. The summed E-state index contributed by atoms with van der Waals surface area (Å²) in [5.74, 6) is -4.33. The number of anilines is 2. The second-order valence-electron chi connectivity index (χ2n) is 6.97. The average Bonchev–Trinajstić information content (AvgIpc) is 3.39. The molecule has 7 nitrogen and oxygen atoms in total. The van der Waals surface area contributed by atoms with E-state index < -0.39 is 23.5 Å². The molecule has 0 saturated carbocycles. The lowest BCUT2D eigenvalue weighted by molar-refractivity contribution is -0.117. The fraction of sp³-hybridized carbons (Fsp3) is 0.500. The van der Waals surface area contributed by atoms with Crippen molar-refractivity contribution in [3.8, 4) is 0 Å². The van der Waals surface area contributed by atoms with Gasteiger partial charge in [0.25, 0.3) is 0 Å². The Morgan fingerprint density at radius 3 is 2.31 bits per heavy atom. The average molecular weight is 454 g/mol. The highest BCUT2D eigenvalue weighted by molar-refractivity contribution is 5.96. The first-order valence-corrected chi connectivity index (χ1v) is 10.9. The van der Waals surface area contributed by atoms with E-state index >= 15 is 0 Å². The van der Waals surface area contributed by atoms with E-state index in [1.165, 1.54) is 4.90 Å². The minimum absolute atomic E-state index is 0.0164. The molecular formula is C22H30F3N5O2. The smallest absolute Gasteiger partial charge is 0.314 e. The zero-order chi connectivity index (χ0) is 24.0. The number of nitrogens with zero attached hydrogens (tertiary/aromatic N) is 4. The zero-order valence-corrected chi connectivity index (χ0v) is 19.1. The second-order valence-corrected chi connectivity index (χ2v) is 6.97. The third-order valence-electron chi connectivity index (χ3n) is 5.08. The predicted molar refractivity (Wildman–Crippen MR) is 117 cm³/mol. The van der Waals surface area contributed by atoms with Gasteiger partial charge in [0.2, 0.25) is 5.91 Å². The third-order valence-corrected chi connectivity index (χ3v) is 5.08. The molecule has 1 saturated heterocycles. The maximum Gasteiger partial charge on any atom is 0.322 e. The summed E-state index contributed by atoms with van der Waals surface area (Å²) in [4.78, 5) is 27.9. The minimum atomic E-state index is -1.59. The molecule has 3 heterocycles. The van der Waals surface area contributed by atoms with Crippen molar-refractivity contribution in [2.45, 2.75) is 66.6 Å². The number of carbonyl (C=O) groups excluding carboxylic acids is 2. The number of benzene rings is 1. The lowest BCUT2D eigenvalue weighted by atomic mass is 10.2. The topological polar surface area (TPSA) is 70.5 Å². The first kappa shape index (κ1) is 25.2. The van der Waals surface area contributed by atoms with Crippen molar-refractivity contribution in [1.82, 2.24) is 14.7 Å². The summed E-state index contributed by atoms with van der Waals surface area (Å²) < 4.78 is 41.7.